The molecule has 1 heterocycles. The fraction of sp³-hybridized carbons (Fsp3) is 0.600. The van der Waals surface area contributed by atoms with Crippen LogP contribution in [0.25, 0.3) is 0 Å². The van der Waals surface area contributed by atoms with E-state index in [4.69, 9.17) is 10.2 Å². The Morgan fingerprint density at radius 3 is 2.67 bits per heavy atom. The molecule has 0 spiro atoms. The van der Waals surface area contributed by atoms with E-state index in [2.05, 4.69) is 9.98 Å². The van der Waals surface area contributed by atoms with Crippen molar-refractivity contribution in [1.82, 2.24) is 9.88 Å². The molecule has 0 aromatic carbocycles. The highest BCUT2D eigenvalue weighted by Gasteiger charge is 2.07. The van der Waals surface area contributed by atoms with Crippen molar-refractivity contribution < 1.29 is 4.42 Å². The van der Waals surface area contributed by atoms with Gasteiger partial charge in [-0.05, 0) is 6.92 Å². The second-order valence-corrected chi connectivity index (χ2v) is 3.54. The summed E-state index contributed by atoms with van der Waals surface area (Å²) in [4.78, 5) is 10.2. The number of hydrogen-bond donors (Lipinski definition) is 1. The first-order valence-electron chi connectivity index (χ1n) is 4.97. The molecule has 0 unspecified atom stereocenters. The predicted molar refractivity (Wildman–Crippen MR) is 59.6 cm³/mol. The molecule has 0 aliphatic rings. The maximum absolute atomic E-state index is 5.67. The fourth-order valence-electron chi connectivity index (χ4n) is 1.08. The number of oxazole rings is 1. The van der Waals surface area contributed by atoms with Gasteiger partial charge in [0.05, 0.1) is 5.69 Å². The minimum atomic E-state index is 0.447. The van der Waals surface area contributed by atoms with Gasteiger partial charge < -0.3 is 15.1 Å². The third-order valence-electron chi connectivity index (χ3n) is 2.08. The standard InChI is InChI=1S/C10H18N4O/c1-5-9-13-7(2)8(15-9)6-12-10(11)14(3)4/h5-6H2,1-4H3,(H2,11,12). The van der Waals surface area contributed by atoms with Crippen LogP contribution in [0.3, 0.4) is 0 Å². The first-order valence-corrected chi connectivity index (χ1v) is 4.97. The van der Waals surface area contributed by atoms with Crippen molar-refractivity contribution in [2.24, 2.45) is 10.7 Å². The molecule has 84 valence electrons. The van der Waals surface area contributed by atoms with Crippen LogP contribution < -0.4 is 5.73 Å². The van der Waals surface area contributed by atoms with Crippen molar-refractivity contribution in [3.05, 3.63) is 17.3 Å². The molecule has 1 aromatic heterocycles. The zero-order valence-corrected chi connectivity index (χ0v) is 9.74. The molecule has 0 amide bonds. The first-order chi connectivity index (χ1) is 7.04. The van der Waals surface area contributed by atoms with Crippen LogP contribution in [0.1, 0.15) is 24.3 Å². The van der Waals surface area contributed by atoms with Crippen LogP contribution >= 0.6 is 0 Å². The summed E-state index contributed by atoms with van der Waals surface area (Å²) in [5, 5.41) is 0. The average molecular weight is 210 g/mol. The van der Waals surface area contributed by atoms with E-state index in [1.165, 1.54) is 0 Å². The molecule has 5 heteroatoms. The summed E-state index contributed by atoms with van der Waals surface area (Å²) >= 11 is 0. The Morgan fingerprint density at radius 1 is 1.53 bits per heavy atom. The van der Waals surface area contributed by atoms with E-state index in [0.29, 0.717) is 12.5 Å². The van der Waals surface area contributed by atoms with E-state index in [0.717, 1.165) is 23.8 Å². The number of aliphatic imine (C=N–C) groups is 1. The second kappa shape index (κ2) is 4.82. The van der Waals surface area contributed by atoms with Gasteiger partial charge in [-0.1, -0.05) is 6.92 Å². The van der Waals surface area contributed by atoms with Crippen LogP contribution in [0.15, 0.2) is 9.41 Å². The van der Waals surface area contributed by atoms with Crippen LogP contribution in [-0.2, 0) is 13.0 Å². The Morgan fingerprint density at radius 2 is 2.20 bits per heavy atom. The average Bonchev–Trinajstić information content (AvgIpc) is 2.55. The molecule has 2 N–H and O–H groups in total. The highest BCUT2D eigenvalue weighted by molar-refractivity contribution is 5.77. The molecule has 5 nitrogen and oxygen atoms in total. The van der Waals surface area contributed by atoms with Crippen molar-refractivity contribution in [2.45, 2.75) is 26.8 Å². The number of aryl methyl sites for hydroxylation is 2. The van der Waals surface area contributed by atoms with Crippen LogP contribution in [0.5, 0.6) is 0 Å². The predicted octanol–water partition coefficient (Wildman–Crippen LogP) is 0.922. The summed E-state index contributed by atoms with van der Waals surface area (Å²) in [7, 11) is 3.70. The van der Waals surface area contributed by atoms with Crippen molar-refractivity contribution in [3.63, 3.8) is 0 Å². The maximum atomic E-state index is 5.67. The number of hydrogen-bond acceptors (Lipinski definition) is 3. The number of nitrogens with zero attached hydrogens (tertiary/aromatic N) is 3. The minimum absolute atomic E-state index is 0.447. The molecule has 0 saturated heterocycles. The molecule has 0 fully saturated rings. The Bertz CT molecular complexity index is 354. The monoisotopic (exact) mass is 210 g/mol. The van der Waals surface area contributed by atoms with Crippen LogP contribution in [-0.4, -0.2) is 29.9 Å². The van der Waals surface area contributed by atoms with Gasteiger partial charge in [0.2, 0.25) is 0 Å². The first kappa shape index (κ1) is 11.6. The Balaban J connectivity index is 2.72. The SMILES string of the molecule is CCc1nc(C)c(CN=C(N)N(C)C)o1. The highest BCUT2D eigenvalue weighted by Crippen LogP contribution is 2.11. The van der Waals surface area contributed by atoms with Gasteiger partial charge in [-0.3, -0.25) is 0 Å². The molecule has 0 bridgehead atoms. The van der Waals surface area contributed by atoms with Gasteiger partial charge in [0, 0.05) is 20.5 Å². The number of aromatic nitrogens is 1. The van der Waals surface area contributed by atoms with Crippen molar-refractivity contribution >= 4 is 5.96 Å². The van der Waals surface area contributed by atoms with Gasteiger partial charge in [0.15, 0.2) is 11.9 Å². The van der Waals surface area contributed by atoms with E-state index in [9.17, 15) is 0 Å². The lowest BCUT2D eigenvalue weighted by molar-refractivity contribution is 0.459. The largest absolute Gasteiger partial charge is 0.443 e. The third-order valence-corrected chi connectivity index (χ3v) is 2.08. The Hall–Kier alpha value is -1.52. The van der Waals surface area contributed by atoms with Gasteiger partial charge in [-0.2, -0.15) is 0 Å². The summed E-state index contributed by atoms with van der Waals surface area (Å²) in [6, 6.07) is 0. The normalized spacial score (nSPS) is 11.9. The smallest absolute Gasteiger partial charge is 0.194 e. The zero-order chi connectivity index (χ0) is 11.4. The van der Waals surface area contributed by atoms with Crippen molar-refractivity contribution in [1.29, 1.82) is 0 Å². The third kappa shape index (κ3) is 2.97. The van der Waals surface area contributed by atoms with Crippen LogP contribution in [0.2, 0.25) is 0 Å². The topological polar surface area (TPSA) is 67.7 Å². The maximum Gasteiger partial charge on any atom is 0.194 e. The molecule has 0 aliphatic carbocycles. The summed E-state index contributed by atoms with van der Waals surface area (Å²) in [5.74, 6) is 2.03. The minimum Gasteiger partial charge on any atom is -0.443 e. The van der Waals surface area contributed by atoms with Crippen molar-refractivity contribution in [3.8, 4) is 0 Å². The van der Waals surface area contributed by atoms with Crippen molar-refractivity contribution in [2.75, 3.05) is 14.1 Å². The quantitative estimate of drug-likeness (QED) is 0.595. The van der Waals surface area contributed by atoms with Gasteiger partial charge in [-0.25, -0.2) is 9.98 Å². The van der Waals surface area contributed by atoms with E-state index < -0.39 is 0 Å². The van der Waals surface area contributed by atoms with E-state index >= 15 is 0 Å². The number of nitrogens with two attached hydrogens (primary N) is 1. The molecule has 15 heavy (non-hydrogen) atoms. The molecular weight excluding hydrogens is 192 g/mol. The highest BCUT2D eigenvalue weighted by atomic mass is 16.4. The summed E-state index contributed by atoms with van der Waals surface area (Å²) < 4.78 is 5.50. The molecule has 1 rings (SSSR count). The molecule has 0 atom stereocenters. The Kier molecular flexibility index (Phi) is 3.71. The van der Waals surface area contributed by atoms with Gasteiger partial charge in [0.1, 0.15) is 12.3 Å². The van der Waals surface area contributed by atoms with Gasteiger partial charge >= 0.3 is 0 Å². The molecule has 0 radical (unpaired) electrons. The lowest BCUT2D eigenvalue weighted by atomic mass is 10.4. The lowest BCUT2D eigenvalue weighted by Crippen LogP contribution is -2.30. The molecule has 1 aromatic rings. The number of rotatable bonds is 3. The van der Waals surface area contributed by atoms with E-state index in [1.54, 1.807) is 4.90 Å². The van der Waals surface area contributed by atoms with Gasteiger partial charge in [-0.15, -0.1) is 0 Å². The molecular formula is C10H18N4O. The summed E-state index contributed by atoms with van der Waals surface area (Å²) in [5.41, 5.74) is 6.56. The number of guanidine groups is 1. The lowest BCUT2D eigenvalue weighted by Gasteiger charge is -2.09. The summed E-state index contributed by atoms with van der Waals surface area (Å²) in [6.07, 6.45) is 0.799. The van der Waals surface area contributed by atoms with E-state index in [1.807, 2.05) is 27.9 Å². The summed E-state index contributed by atoms with van der Waals surface area (Å²) in [6.45, 7) is 4.37. The molecule has 0 saturated carbocycles. The zero-order valence-electron chi connectivity index (χ0n) is 9.74. The Labute approximate surface area is 90.0 Å². The van der Waals surface area contributed by atoms with Crippen LogP contribution in [0, 0.1) is 6.92 Å². The van der Waals surface area contributed by atoms with Crippen LogP contribution in [0.4, 0.5) is 0 Å². The second-order valence-electron chi connectivity index (χ2n) is 3.54. The molecule has 0 aliphatic heterocycles. The van der Waals surface area contributed by atoms with E-state index in [-0.39, 0.29) is 0 Å². The fourth-order valence-corrected chi connectivity index (χ4v) is 1.08. The van der Waals surface area contributed by atoms with Gasteiger partial charge in [0.25, 0.3) is 0 Å².